The van der Waals surface area contributed by atoms with Gasteiger partial charge in [-0.3, -0.25) is 4.79 Å². The van der Waals surface area contributed by atoms with Gasteiger partial charge in [0.25, 0.3) is 0 Å². The van der Waals surface area contributed by atoms with Crippen LogP contribution in [0.1, 0.15) is 25.3 Å². The number of nitrogen functional groups attached to an aromatic ring is 1. The van der Waals surface area contributed by atoms with Crippen LogP contribution < -0.4 is 11.5 Å². The molecule has 4 N–H and O–H groups in total. The number of pyridine rings is 1. The van der Waals surface area contributed by atoms with Crippen LogP contribution in [0.4, 0.5) is 5.82 Å². The van der Waals surface area contributed by atoms with E-state index < -0.39 is 5.54 Å². The molecule has 1 aliphatic carbocycles. The molecule has 1 saturated carbocycles. The number of hydrogen-bond acceptors (Lipinski definition) is 4. The first-order chi connectivity index (χ1) is 7.51. The molecule has 86 valence electrons. The molecule has 0 spiro atoms. The summed E-state index contributed by atoms with van der Waals surface area (Å²) in [6.07, 6.45) is 4.01. The van der Waals surface area contributed by atoms with Gasteiger partial charge < -0.3 is 11.5 Å². The molecule has 0 bridgehead atoms. The van der Waals surface area contributed by atoms with Gasteiger partial charge >= 0.3 is 0 Å². The Balaban J connectivity index is 2.10. The molecule has 0 saturated heterocycles. The highest BCUT2D eigenvalue weighted by Crippen LogP contribution is 2.39. The number of nitrogens with zero attached hydrogens (tertiary/aromatic N) is 1. The second-order valence-corrected chi connectivity index (χ2v) is 4.70. The van der Waals surface area contributed by atoms with Gasteiger partial charge in [0, 0.05) is 18.2 Å². The second kappa shape index (κ2) is 3.87. The summed E-state index contributed by atoms with van der Waals surface area (Å²) in [5.74, 6) is 0.815. The highest BCUT2D eigenvalue weighted by atomic mass is 16.1. The molecule has 0 amide bonds. The van der Waals surface area contributed by atoms with Crippen molar-refractivity contribution < 1.29 is 4.79 Å². The van der Waals surface area contributed by atoms with Crippen molar-refractivity contribution in [3.63, 3.8) is 0 Å². The first-order valence-corrected chi connectivity index (χ1v) is 5.53. The Morgan fingerprint density at radius 2 is 2.31 bits per heavy atom. The van der Waals surface area contributed by atoms with E-state index >= 15 is 0 Å². The third-order valence-corrected chi connectivity index (χ3v) is 3.30. The summed E-state index contributed by atoms with van der Waals surface area (Å²) in [4.78, 5) is 16.0. The minimum Gasteiger partial charge on any atom is -0.383 e. The van der Waals surface area contributed by atoms with Crippen LogP contribution in [0.3, 0.4) is 0 Å². The maximum absolute atomic E-state index is 12.1. The van der Waals surface area contributed by atoms with Crippen LogP contribution in [-0.4, -0.2) is 16.3 Å². The summed E-state index contributed by atoms with van der Waals surface area (Å²) in [5.41, 5.74) is 11.8. The lowest BCUT2D eigenvalue weighted by Crippen LogP contribution is -2.48. The van der Waals surface area contributed by atoms with Crippen LogP contribution in [0.15, 0.2) is 18.3 Å². The largest absolute Gasteiger partial charge is 0.383 e. The maximum atomic E-state index is 12.1. The molecule has 1 aliphatic rings. The topological polar surface area (TPSA) is 82.0 Å². The zero-order valence-electron chi connectivity index (χ0n) is 9.44. The van der Waals surface area contributed by atoms with Crippen LogP contribution >= 0.6 is 0 Å². The number of carbonyl (C=O) groups excluding carboxylic acids is 1. The van der Waals surface area contributed by atoms with E-state index in [4.69, 9.17) is 11.5 Å². The molecule has 4 nitrogen and oxygen atoms in total. The number of aromatic nitrogens is 1. The van der Waals surface area contributed by atoms with Crippen molar-refractivity contribution in [2.75, 3.05) is 5.73 Å². The van der Waals surface area contributed by atoms with Gasteiger partial charge in [-0.2, -0.15) is 0 Å². The van der Waals surface area contributed by atoms with E-state index in [9.17, 15) is 4.79 Å². The zero-order chi connectivity index (χ0) is 11.8. The summed E-state index contributed by atoms with van der Waals surface area (Å²) in [6.45, 7) is 1.82. The van der Waals surface area contributed by atoms with Gasteiger partial charge in [0.15, 0.2) is 5.78 Å². The fraction of sp³-hybridized carbons (Fsp3) is 0.500. The maximum Gasteiger partial charge on any atom is 0.157 e. The van der Waals surface area contributed by atoms with Crippen molar-refractivity contribution in [2.45, 2.75) is 31.7 Å². The first-order valence-electron chi connectivity index (χ1n) is 5.53. The van der Waals surface area contributed by atoms with Gasteiger partial charge in [-0.25, -0.2) is 4.98 Å². The predicted octanol–water partition coefficient (Wildman–Crippen LogP) is 0.903. The molecule has 1 aromatic heterocycles. The van der Waals surface area contributed by atoms with E-state index in [1.165, 1.54) is 0 Å². The summed E-state index contributed by atoms with van der Waals surface area (Å²) in [7, 11) is 0. The van der Waals surface area contributed by atoms with E-state index in [1.807, 2.05) is 13.0 Å². The minimum atomic E-state index is -0.706. The van der Waals surface area contributed by atoms with Crippen LogP contribution in [0.5, 0.6) is 0 Å². The van der Waals surface area contributed by atoms with Crippen molar-refractivity contribution in [3.05, 3.63) is 23.9 Å². The predicted molar refractivity (Wildman–Crippen MR) is 62.7 cm³/mol. The van der Waals surface area contributed by atoms with Crippen LogP contribution in [0.25, 0.3) is 0 Å². The standard InChI is InChI=1S/C12H17N3O/c1-12(14,9-4-5-9)10(16)7-8-3-2-6-15-11(8)13/h2-3,6,9H,4-5,7,14H2,1H3,(H2,13,15). The number of ketones is 1. The normalized spacial score (nSPS) is 19.1. The summed E-state index contributed by atoms with van der Waals surface area (Å²) < 4.78 is 0. The van der Waals surface area contributed by atoms with E-state index in [0.29, 0.717) is 11.7 Å². The van der Waals surface area contributed by atoms with Crippen molar-refractivity contribution >= 4 is 11.6 Å². The van der Waals surface area contributed by atoms with E-state index in [-0.39, 0.29) is 12.2 Å². The SMILES string of the molecule is CC(N)(C(=O)Cc1cccnc1N)C1CC1. The molecule has 1 aromatic rings. The Hall–Kier alpha value is -1.42. The Kier molecular flexibility index (Phi) is 2.68. The van der Waals surface area contributed by atoms with E-state index in [0.717, 1.165) is 18.4 Å². The molecular weight excluding hydrogens is 202 g/mol. The lowest BCUT2D eigenvalue weighted by atomic mass is 9.88. The lowest BCUT2D eigenvalue weighted by Gasteiger charge is -2.22. The highest BCUT2D eigenvalue weighted by molar-refractivity contribution is 5.91. The minimum absolute atomic E-state index is 0.0506. The van der Waals surface area contributed by atoms with Gasteiger partial charge in [0.05, 0.1) is 5.54 Å². The van der Waals surface area contributed by atoms with Gasteiger partial charge in [0.2, 0.25) is 0 Å². The molecule has 1 heterocycles. The Labute approximate surface area is 95.0 Å². The summed E-state index contributed by atoms with van der Waals surface area (Å²) in [5, 5.41) is 0. The quantitative estimate of drug-likeness (QED) is 0.788. The molecule has 0 radical (unpaired) electrons. The zero-order valence-corrected chi connectivity index (χ0v) is 9.44. The molecule has 0 aliphatic heterocycles. The van der Waals surface area contributed by atoms with Crippen LogP contribution in [0.2, 0.25) is 0 Å². The molecule has 2 rings (SSSR count). The molecule has 1 unspecified atom stereocenters. The second-order valence-electron chi connectivity index (χ2n) is 4.70. The van der Waals surface area contributed by atoms with Gasteiger partial charge in [-0.05, 0) is 31.7 Å². The van der Waals surface area contributed by atoms with E-state index in [1.54, 1.807) is 12.3 Å². The smallest absolute Gasteiger partial charge is 0.157 e. The summed E-state index contributed by atoms with van der Waals surface area (Å²) in [6, 6.07) is 3.60. The van der Waals surface area contributed by atoms with Gasteiger partial charge in [-0.15, -0.1) is 0 Å². The third-order valence-electron chi connectivity index (χ3n) is 3.30. The van der Waals surface area contributed by atoms with Crippen LogP contribution in [0, 0.1) is 5.92 Å². The average Bonchev–Trinajstić information content (AvgIpc) is 3.04. The monoisotopic (exact) mass is 219 g/mol. The van der Waals surface area contributed by atoms with Crippen molar-refractivity contribution in [1.29, 1.82) is 0 Å². The third kappa shape index (κ3) is 2.07. The van der Waals surface area contributed by atoms with Crippen molar-refractivity contribution in [2.24, 2.45) is 11.7 Å². The highest BCUT2D eigenvalue weighted by Gasteiger charge is 2.43. The summed E-state index contributed by atoms with van der Waals surface area (Å²) >= 11 is 0. The Morgan fingerprint density at radius 1 is 1.62 bits per heavy atom. The molecular formula is C12H17N3O. The van der Waals surface area contributed by atoms with E-state index in [2.05, 4.69) is 4.98 Å². The number of hydrogen-bond donors (Lipinski definition) is 2. The Bertz CT molecular complexity index is 410. The average molecular weight is 219 g/mol. The number of carbonyl (C=O) groups is 1. The fourth-order valence-electron chi connectivity index (χ4n) is 1.87. The van der Waals surface area contributed by atoms with Crippen molar-refractivity contribution in [3.8, 4) is 0 Å². The molecule has 4 heteroatoms. The number of nitrogens with two attached hydrogens (primary N) is 2. The molecule has 16 heavy (non-hydrogen) atoms. The molecule has 0 aromatic carbocycles. The first kappa shape index (κ1) is 11.1. The van der Waals surface area contributed by atoms with Gasteiger partial charge in [-0.1, -0.05) is 6.07 Å². The number of rotatable bonds is 4. The van der Waals surface area contributed by atoms with Crippen LogP contribution in [-0.2, 0) is 11.2 Å². The lowest BCUT2D eigenvalue weighted by molar-refractivity contribution is -0.123. The fourth-order valence-corrected chi connectivity index (χ4v) is 1.87. The van der Waals surface area contributed by atoms with Crippen molar-refractivity contribution in [1.82, 2.24) is 4.98 Å². The number of anilines is 1. The number of Topliss-reactive ketones (excluding diaryl/α,β-unsaturated/α-hetero) is 1. The molecule has 1 fully saturated rings. The van der Waals surface area contributed by atoms with Gasteiger partial charge in [0.1, 0.15) is 5.82 Å². The Morgan fingerprint density at radius 3 is 2.88 bits per heavy atom. The molecule has 1 atom stereocenters.